The number of nitrogens with zero attached hydrogens (tertiary/aromatic N) is 1. The van der Waals surface area contributed by atoms with Gasteiger partial charge in [-0.15, -0.1) is 22.9 Å². The predicted molar refractivity (Wildman–Crippen MR) is 93.8 cm³/mol. The van der Waals surface area contributed by atoms with Crippen LogP contribution in [-0.4, -0.2) is 23.2 Å². The lowest BCUT2D eigenvalue weighted by atomic mass is 9.85. The number of fused-ring (bicyclic) bond motifs is 1. The van der Waals surface area contributed by atoms with Crippen molar-refractivity contribution < 1.29 is 4.79 Å². The number of carbonyl (C=O) groups excluding carboxylic acids is 1. The van der Waals surface area contributed by atoms with Crippen molar-refractivity contribution in [3.05, 3.63) is 62.8 Å². The highest BCUT2D eigenvalue weighted by atomic mass is 35.5. The molecule has 1 aliphatic rings. The number of benzene rings is 1. The van der Waals surface area contributed by atoms with Crippen LogP contribution in [0.25, 0.3) is 6.08 Å². The van der Waals surface area contributed by atoms with Crippen LogP contribution in [0.15, 0.2) is 36.9 Å². The number of alkyl halides is 1. The SMILES string of the molecule is C=Cc1ccccc1[C@@H]1CN(C(=O)CCl)Cc2sc(Cl)cc21. The summed E-state index contributed by atoms with van der Waals surface area (Å²) < 4.78 is 0.756. The van der Waals surface area contributed by atoms with E-state index in [1.165, 1.54) is 22.5 Å². The van der Waals surface area contributed by atoms with Gasteiger partial charge < -0.3 is 4.90 Å². The smallest absolute Gasteiger partial charge is 0.237 e. The minimum absolute atomic E-state index is 0.00423. The first-order valence-electron chi connectivity index (χ1n) is 6.97. The molecule has 2 aromatic rings. The molecule has 2 heterocycles. The molecule has 114 valence electrons. The van der Waals surface area contributed by atoms with Crippen LogP contribution >= 0.6 is 34.5 Å². The van der Waals surface area contributed by atoms with Crippen molar-refractivity contribution in [1.82, 2.24) is 4.90 Å². The summed E-state index contributed by atoms with van der Waals surface area (Å²) in [6.07, 6.45) is 1.85. The maximum Gasteiger partial charge on any atom is 0.237 e. The van der Waals surface area contributed by atoms with E-state index in [9.17, 15) is 4.79 Å². The van der Waals surface area contributed by atoms with E-state index in [1.54, 1.807) is 0 Å². The van der Waals surface area contributed by atoms with Crippen LogP contribution in [0.2, 0.25) is 4.34 Å². The van der Waals surface area contributed by atoms with Gasteiger partial charge in [0.1, 0.15) is 5.88 Å². The Hall–Kier alpha value is -1.29. The van der Waals surface area contributed by atoms with E-state index < -0.39 is 0 Å². The predicted octanol–water partition coefficient (Wildman–Crippen LogP) is 4.76. The first-order chi connectivity index (χ1) is 10.6. The summed E-state index contributed by atoms with van der Waals surface area (Å²) in [5.41, 5.74) is 3.46. The van der Waals surface area contributed by atoms with Gasteiger partial charge in [0, 0.05) is 17.3 Å². The van der Waals surface area contributed by atoms with E-state index in [-0.39, 0.29) is 17.7 Å². The summed E-state index contributed by atoms with van der Waals surface area (Å²) >= 11 is 13.5. The molecule has 0 spiro atoms. The zero-order chi connectivity index (χ0) is 15.7. The largest absolute Gasteiger partial charge is 0.336 e. The summed E-state index contributed by atoms with van der Waals surface area (Å²) in [6.45, 7) is 5.10. The van der Waals surface area contributed by atoms with Gasteiger partial charge in [-0.2, -0.15) is 0 Å². The molecule has 0 N–H and O–H groups in total. The lowest BCUT2D eigenvalue weighted by Gasteiger charge is -2.33. The van der Waals surface area contributed by atoms with Crippen LogP contribution in [0.3, 0.4) is 0 Å². The number of amides is 1. The average Bonchev–Trinajstić information content (AvgIpc) is 2.93. The Bertz CT molecular complexity index is 725. The maximum atomic E-state index is 12.1. The molecule has 3 rings (SSSR count). The van der Waals surface area contributed by atoms with Gasteiger partial charge in [0.15, 0.2) is 0 Å². The number of halogens is 2. The van der Waals surface area contributed by atoms with Crippen molar-refractivity contribution in [2.75, 3.05) is 12.4 Å². The van der Waals surface area contributed by atoms with Crippen LogP contribution in [-0.2, 0) is 11.3 Å². The molecule has 0 fully saturated rings. The zero-order valence-electron chi connectivity index (χ0n) is 11.9. The van der Waals surface area contributed by atoms with Crippen molar-refractivity contribution in [3.63, 3.8) is 0 Å². The van der Waals surface area contributed by atoms with Gasteiger partial charge >= 0.3 is 0 Å². The standard InChI is InChI=1S/C17H15Cl2NOS/c1-2-11-5-3-4-6-12(11)14-9-20(17(21)8-18)10-15-13(14)7-16(19)22-15/h2-7,14H,1,8-10H2/t14-/m0/s1. The van der Waals surface area contributed by atoms with Crippen LogP contribution in [0.4, 0.5) is 0 Å². The van der Waals surface area contributed by atoms with Crippen LogP contribution in [0.5, 0.6) is 0 Å². The second-order valence-electron chi connectivity index (χ2n) is 5.22. The van der Waals surface area contributed by atoms with E-state index in [4.69, 9.17) is 23.2 Å². The van der Waals surface area contributed by atoms with E-state index >= 15 is 0 Å². The molecule has 22 heavy (non-hydrogen) atoms. The topological polar surface area (TPSA) is 20.3 Å². The molecule has 0 saturated carbocycles. The Labute approximate surface area is 144 Å². The van der Waals surface area contributed by atoms with Crippen LogP contribution in [0.1, 0.15) is 27.5 Å². The molecule has 0 saturated heterocycles. The van der Waals surface area contributed by atoms with Crippen LogP contribution in [0, 0.1) is 0 Å². The Balaban J connectivity index is 2.08. The number of carbonyl (C=O) groups is 1. The first-order valence-corrected chi connectivity index (χ1v) is 8.70. The summed E-state index contributed by atoms with van der Waals surface area (Å²) in [5.74, 6) is 0.0661. The Morgan fingerprint density at radius 2 is 2.18 bits per heavy atom. The van der Waals surface area contributed by atoms with Crippen LogP contribution < -0.4 is 0 Å². The van der Waals surface area contributed by atoms with Crippen molar-refractivity contribution in [3.8, 4) is 0 Å². The molecule has 2 nitrogen and oxygen atoms in total. The first kappa shape index (κ1) is 15.6. The lowest BCUT2D eigenvalue weighted by Crippen LogP contribution is -2.38. The molecule has 0 aliphatic carbocycles. The highest BCUT2D eigenvalue weighted by molar-refractivity contribution is 7.16. The molecular weight excluding hydrogens is 337 g/mol. The van der Waals surface area contributed by atoms with Gasteiger partial charge in [-0.3, -0.25) is 4.79 Å². The van der Waals surface area contributed by atoms with Crippen molar-refractivity contribution >= 4 is 46.5 Å². The summed E-state index contributed by atoms with van der Waals surface area (Å²) in [4.78, 5) is 15.0. The fourth-order valence-electron chi connectivity index (χ4n) is 2.94. The minimum atomic E-state index is -0.0436. The summed E-state index contributed by atoms with van der Waals surface area (Å²) in [5, 5.41) is 0. The van der Waals surface area contributed by atoms with Gasteiger partial charge in [0.05, 0.1) is 10.9 Å². The zero-order valence-corrected chi connectivity index (χ0v) is 14.2. The molecule has 5 heteroatoms. The van der Waals surface area contributed by atoms with E-state index in [0.717, 1.165) is 14.8 Å². The summed E-state index contributed by atoms with van der Waals surface area (Å²) in [6, 6.07) is 10.2. The fraction of sp³-hybridized carbons (Fsp3) is 0.235. The highest BCUT2D eigenvalue weighted by Crippen LogP contribution is 2.41. The number of hydrogen-bond acceptors (Lipinski definition) is 2. The molecule has 1 atom stereocenters. The maximum absolute atomic E-state index is 12.1. The fourth-order valence-corrected chi connectivity index (χ4v) is 4.47. The number of thiophene rings is 1. The summed E-state index contributed by atoms with van der Waals surface area (Å²) in [7, 11) is 0. The van der Waals surface area contributed by atoms with Crippen molar-refractivity contribution in [2.24, 2.45) is 0 Å². The van der Waals surface area contributed by atoms with Crippen molar-refractivity contribution in [2.45, 2.75) is 12.5 Å². The second-order valence-corrected chi connectivity index (χ2v) is 7.26. The molecule has 1 aliphatic heterocycles. The van der Waals surface area contributed by atoms with E-state index in [0.29, 0.717) is 13.1 Å². The number of hydrogen-bond donors (Lipinski definition) is 0. The Morgan fingerprint density at radius 3 is 2.91 bits per heavy atom. The molecule has 1 amide bonds. The van der Waals surface area contributed by atoms with Gasteiger partial charge in [-0.25, -0.2) is 0 Å². The second kappa shape index (κ2) is 6.45. The van der Waals surface area contributed by atoms with Crippen molar-refractivity contribution in [1.29, 1.82) is 0 Å². The highest BCUT2D eigenvalue weighted by Gasteiger charge is 2.31. The molecule has 1 aromatic heterocycles. The normalized spacial score (nSPS) is 17.2. The molecule has 0 unspecified atom stereocenters. The third kappa shape index (κ3) is 2.81. The van der Waals surface area contributed by atoms with E-state index in [2.05, 4.69) is 12.6 Å². The molecule has 0 radical (unpaired) electrons. The molecule has 0 bridgehead atoms. The van der Waals surface area contributed by atoms with Gasteiger partial charge in [0.2, 0.25) is 5.91 Å². The molecular formula is C17H15Cl2NOS. The quantitative estimate of drug-likeness (QED) is 0.730. The van der Waals surface area contributed by atoms with E-state index in [1.807, 2.05) is 35.2 Å². The third-order valence-corrected chi connectivity index (χ3v) is 5.48. The monoisotopic (exact) mass is 351 g/mol. The lowest BCUT2D eigenvalue weighted by molar-refractivity contribution is -0.129. The van der Waals surface area contributed by atoms with Gasteiger partial charge in [0.25, 0.3) is 0 Å². The molecule has 1 aromatic carbocycles. The minimum Gasteiger partial charge on any atom is -0.336 e. The number of rotatable bonds is 3. The van der Waals surface area contributed by atoms with Gasteiger partial charge in [-0.05, 0) is 22.8 Å². The average molecular weight is 352 g/mol. The van der Waals surface area contributed by atoms with Gasteiger partial charge in [-0.1, -0.05) is 48.5 Å². The Morgan fingerprint density at radius 1 is 1.41 bits per heavy atom. The third-order valence-electron chi connectivity index (χ3n) is 3.98. The Kier molecular flexibility index (Phi) is 4.57.